The van der Waals surface area contributed by atoms with Crippen molar-refractivity contribution in [2.75, 3.05) is 19.6 Å². The van der Waals surface area contributed by atoms with E-state index in [0.717, 1.165) is 19.3 Å². The predicted molar refractivity (Wildman–Crippen MR) is 71.7 cm³/mol. The molecule has 0 aromatic carbocycles. The minimum absolute atomic E-state index is 0.0712. The highest BCUT2D eigenvalue weighted by atomic mass is 16.2. The van der Waals surface area contributed by atoms with Crippen LogP contribution in [0.2, 0.25) is 0 Å². The van der Waals surface area contributed by atoms with Crippen molar-refractivity contribution in [1.82, 2.24) is 15.1 Å². The van der Waals surface area contributed by atoms with Gasteiger partial charge in [-0.2, -0.15) is 0 Å². The third-order valence-electron chi connectivity index (χ3n) is 4.34. The molecule has 0 aromatic rings. The molecule has 2 fully saturated rings. The summed E-state index contributed by atoms with van der Waals surface area (Å²) in [7, 11) is 0. The first-order valence-corrected chi connectivity index (χ1v) is 7.20. The summed E-state index contributed by atoms with van der Waals surface area (Å²) in [5, 5.41) is 2.53. The minimum Gasteiger partial charge on any atom is -0.340 e. The number of nitrogens with zero attached hydrogens (tertiary/aromatic N) is 2. The van der Waals surface area contributed by atoms with Gasteiger partial charge in [0.2, 0.25) is 11.8 Å². The number of carbonyl (C=O) groups is 3. The minimum atomic E-state index is -0.324. The molecule has 2 saturated heterocycles. The molecular weight excluding hydrogens is 258 g/mol. The number of hydrogen-bond donors (Lipinski definition) is 1. The van der Waals surface area contributed by atoms with Crippen LogP contribution < -0.4 is 5.32 Å². The van der Waals surface area contributed by atoms with Crippen LogP contribution in [0.15, 0.2) is 12.2 Å². The zero-order valence-electron chi connectivity index (χ0n) is 11.4. The standard InChI is InChI=1S/C14H19N3O3/c18-12-8-15-14(20)17(12)11-6-7-16(9-11)13(19)10-4-2-1-3-5-10/h1-2,10-11H,3-9H2,(H,15,20). The Morgan fingerprint density at radius 2 is 2.10 bits per heavy atom. The number of amides is 4. The van der Waals surface area contributed by atoms with Gasteiger partial charge in [0.25, 0.3) is 0 Å². The average molecular weight is 277 g/mol. The highest BCUT2D eigenvalue weighted by Crippen LogP contribution is 2.25. The van der Waals surface area contributed by atoms with Crippen LogP contribution in [0.3, 0.4) is 0 Å². The molecule has 2 atom stereocenters. The summed E-state index contributed by atoms with van der Waals surface area (Å²) in [5.41, 5.74) is 0. The maximum Gasteiger partial charge on any atom is 0.324 e. The molecule has 108 valence electrons. The van der Waals surface area contributed by atoms with E-state index in [1.54, 1.807) is 0 Å². The molecule has 0 saturated carbocycles. The van der Waals surface area contributed by atoms with Crippen LogP contribution in [0, 0.1) is 5.92 Å². The molecule has 2 unspecified atom stereocenters. The molecule has 4 amide bonds. The normalized spacial score (nSPS) is 30.0. The van der Waals surface area contributed by atoms with Crippen LogP contribution in [0.25, 0.3) is 0 Å². The topological polar surface area (TPSA) is 69.7 Å². The van der Waals surface area contributed by atoms with E-state index in [2.05, 4.69) is 17.5 Å². The Hall–Kier alpha value is -1.85. The van der Waals surface area contributed by atoms with Gasteiger partial charge in [0.15, 0.2) is 0 Å². The van der Waals surface area contributed by atoms with Gasteiger partial charge in [0.05, 0.1) is 12.6 Å². The van der Waals surface area contributed by atoms with E-state index >= 15 is 0 Å². The van der Waals surface area contributed by atoms with E-state index in [1.165, 1.54) is 4.90 Å². The third-order valence-corrected chi connectivity index (χ3v) is 4.34. The number of carbonyl (C=O) groups excluding carboxylic acids is 3. The first kappa shape index (κ1) is 13.1. The number of urea groups is 1. The molecule has 0 spiro atoms. The van der Waals surface area contributed by atoms with Crippen molar-refractivity contribution < 1.29 is 14.4 Å². The lowest BCUT2D eigenvalue weighted by atomic mass is 9.93. The Morgan fingerprint density at radius 3 is 2.75 bits per heavy atom. The molecule has 0 radical (unpaired) electrons. The molecule has 2 aliphatic heterocycles. The fourth-order valence-corrected chi connectivity index (χ4v) is 3.23. The SMILES string of the molecule is O=C(C1CC=CCC1)N1CCC(N2C(=O)CNC2=O)C1. The molecule has 6 heteroatoms. The molecule has 3 aliphatic rings. The predicted octanol–water partition coefficient (Wildman–Crippen LogP) is 0.495. The van der Waals surface area contributed by atoms with Gasteiger partial charge in [-0.3, -0.25) is 14.5 Å². The smallest absolute Gasteiger partial charge is 0.324 e. The average Bonchev–Trinajstić information content (AvgIpc) is 3.06. The summed E-state index contributed by atoms with van der Waals surface area (Å²) in [6.07, 6.45) is 7.54. The summed E-state index contributed by atoms with van der Waals surface area (Å²) in [6.45, 7) is 1.20. The van der Waals surface area contributed by atoms with Crippen molar-refractivity contribution in [3.8, 4) is 0 Å². The fraction of sp³-hybridized carbons (Fsp3) is 0.643. The van der Waals surface area contributed by atoms with Crippen LogP contribution in [-0.4, -0.2) is 53.3 Å². The van der Waals surface area contributed by atoms with Crippen LogP contribution in [0.1, 0.15) is 25.7 Å². The van der Waals surface area contributed by atoms with Crippen molar-refractivity contribution in [2.24, 2.45) is 5.92 Å². The maximum absolute atomic E-state index is 12.4. The monoisotopic (exact) mass is 277 g/mol. The summed E-state index contributed by atoms with van der Waals surface area (Å²) in [4.78, 5) is 38.8. The molecular formula is C14H19N3O3. The summed E-state index contributed by atoms with van der Waals surface area (Å²) in [6, 6.07) is -0.483. The number of nitrogens with one attached hydrogen (secondary N) is 1. The molecule has 20 heavy (non-hydrogen) atoms. The van der Waals surface area contributed by atoms with E-state index < -0.39 is 0 Å². The van der Waals surface area contributed by atoms with Crippen LogP contribution >= 0.6 is 0 Å². The number of imide groups is 1. The molecule has 2 heterocycles. The summed E-state index contributed by atoms with van der Waals surface area (Å²) in [5.74, 6) is 0.0562. The van der Waals surface area contributed by atoms with Gasteiger partial charge in [-0.1, -0.05) is 12.2 Å². The second-order valence-corrected chi connectivity index (χ2v) is 5.63. The van der Waals surface area contributed by atoms with Gasteiger partial charge in [-0.25, -0.2) is 4.79 Å². The number of likely N-dealkylation sites (tertiary alicyclic amines) is 1. The van der Waals surface area contributed by atoms with E-state index in [0.29, 0.717) is 19.5 Å². The first-order chi connectivity index (χ1) is 9.66. The third kappa shape index (κ3) is 2.30. The molecule has 1 N–H and O–H groups in total. The zero-order valence-corrected chi connectivity index (χ0v) is 11.4. The largest absolute Gasteiger partial charge is 0.340 e. The van der Waals surface area contributed by atoms with Gasteiger partial charge in [-0.15, -0.1) is 0 Å². The fourth-order valence-electron chi connectivity index (χ4n) is 3.23. The molecule has 3 rings (SSSR count). The molecule has 0 bridgehead atoms. The quantitative estimate of drug-likeness (QED) is 0.590. The van der Waals surface area contributed by atoms with E-state index in [-0.39, 0.29) is 36.3 Å². The Morgan fingerprint density at radius 1 is 1.25 bits per heavy atom. The summed E-state index contributed by atoms with van der Waals surface area (Å²) < 4.78 is 0. The van der Waals surface area contributed by atoms with Gasteiger partial charge >= 0.3 is 6.03 Å². The second kappa shape index (κ2) is 5.26. The van der Waals surface area contributed by atoms with Gasteiger partial charge in [-0.05, 0) is 25.7 Å². The van der Waals surface area contributed by atoms with Gasteiger partial charge in [0, 0.05) is 19.0 Å². The number of allylic oxidation sites excluding steroid dienone is 2. The van der Waals surface area contributed by atoms with Crippen LogP contribution in [-0.2, 0) is 9.59 Å². The van der Waals surface area contributed by atoms with Crippen LogP contribution in [0.4, 0.5) is 4.79 Å². The molecule has 1 aliphatic carbocycles. The number of rotatable bonds is 2. The summed E-state index contributed by atoms with van der Waals surface area (Å²) >= 11 is 0. The van der Waals surface area contributed by atoms with E-state index in [1.807, 2.05) is 4.90 Å². The van der Waals surface area contributed by atoms with E-state index in [4.69, 9.17) is 0 Å². The van der Waals surface area contributed by atoms with Crippen molar-refractivity contribution in [2.45, 2.75) is 31.7 Å². The van der Waals surface area contributed by atoms with E-state index in [9.17, 15) is 14.4 Å². The van der Waals surface area contributed by atoms with Gasteiger partial charge in [0.1, 0.15) is 0 Å². The maximum atomic E-state index is 12.4. The second-order valence-electron chi connectivity index (χ2n) is 5.63. The Labute approximate surface area is 117 Å². The first-order valence-electron chi connectivity index (χ1n) is 7.20. The van der Waals surface area contributed by atoms with Crippen LogP contribution in [0.5, 0.6) is 0 Å². The zero-order chi connectivity index (χ0) is 14.1. The van der Waals surface area contributed by atoms with Crippen molar-refractivity contribution in [3.63, 3.8) is 0 Å². The Balaban J connectivity index is 1.61. The lowest BCUT2D eigenvalue weighted by Crippen LogP contribution is -2.43. The lowest BCUT2D eigenvalue weighted by molar-refractivity contribution is -0.135. The highest BCUT2D eigenvalue weighted by Gasteiger charge is 2.40. The molecule has 6 nitrogen and oxygen atoms in total. The lowest BCUT2D eigenvalue weighted by Gasteiger charge is -2.25. The van der Waals surface area contributed by atoms with Gasteiger partial charge < -0.3 is 10.2 Å². The highest BCUT2D eigenvalue weighted by molar-refractivity contribution is 6.02. The van der Waals surface area contributed by atoms with Crippen molar-refractivity contribution in [3.05, 3.63) is 12.2 Å². The Bertz CT molecular complexity index is 458. The Kier molecular flexibility index (Phi) is 3.46. The van der Waals surface area contributed by atoms with Crippen molar-refractivity contribution in [1.29, 1.82) is 0 Å². The van der Waals surface area contributed by atoms with Crippen molar-refractivity contribution >= 4 is 17.8 Å². The molecule has 0 aromatic heterocycles. The number of hydrogen-bond acceptors (Lipinski definition) is 3.